The van der Waals surface area contributed by atoms with E-state index in [2.05, 4.69) is 39.2 Å². The number of nitrogens with zero attached hydrogens (tertiary/aromatic N) is 9. The highest BCUT2D eigenvalue weighted by Gasteiger charge is 2.66. The molecule has 4 aromatic heterocycles. The lowest BCUT2D eigenvalue weighted by atomic mass is 9.88. The molecule has 9 atom stereocenters. The summed E-state index contributed by atoms with van der Waals surface area (Å²) in [5.74, 6) is -2.73. The van der Waals surface area contributed by atoms with Gasteiger partial charge in [0.05, 0.1) is 52.4 Å². The lowest BCUT2D eigenvalue weighted by Gasteiger charge is -2.30. The molecule has 0 amide bonds. The molecule has 4 fully saturated rings. The molecule has 4 unspecified atom stereocenters. The summed E-state index contributed by atoms with van der Waals surface area (Å²) in [5.41, 5.74) is 12.3. The van der Waals surface area contributed by atoms with Crippen LogP contribution in [0.2, 0.25) is 10.0 Å². The predicted molar refractivity (Wildman–Crippen MR) is 333 cm³/mol. The zero-order valence-electron chi connectivity index (χ0n) is 51.3. The Kier molecular flexibility index (Phi) is 19.6. The first kappa shape index (κ1) is 65.5. The quantitative estimate of drug-likeness (QED) is 0.0340. The van der Waals surface area contributed by atoms with Crippen LogP contribution in [0.5, 0.6) is 11.5 Å². The molecule has 0 saturated carbocycles. The van der Waals surface area contributed by atoms with E-state index in [0.29, 0.717) is 52.0 Å². The van der Waals surface area contributed by atoms with Gasteiger partial charge in [-0.15, -0.1) is 0 Å². The minimum atomic E-state index is -5.01. The van der Waals surface area contributed by atoms with Crippen LogP contribution in [-0.4, -0.2) is 89.1 Å². The maximum Gasteiger partial charge on any atom is 0.587 e. The molecule has 0 aliphatic carbocycles. The van der Waals surface area contributed by atoms with E-state index in [0.717, 1.165) is 31.7 Å². The number of hydrogen-bond donors (Lipinski definition) is 2. The van der Waals surface area contributed by atoms with E-state index >= 15 is 4.57 Å². The Labute approximate surface area is 537 Å². The number of unbranched alkanes of at least 4 members (excludes halogenated alkanes) is 10. The van der Waals surface area contributed by atoms with Gasteiger partial charge in [0.15, 0.2) is 45.9 Å². The molecule has 4 aliphatic heterocycles. The third kappa shape index (κ3) is 14.0. The average molecular weight is 1310 g/mol. The van der Waals surface area contributed by atoms with Gasteiger partial charge < -0.3 is 53.7 Å². The Hall–Kier alpha value is -7.01. The second kappa shape index (κ2) is 27.3. The highest BCUT2D eigenvalue weighted by atomic mass is 35.5. The number of nitrogen functional groups attached to an aromatic ring is 2. The zero-order valence-corrected chi connectivity index (χ0v) is 53.7. The molecule has 0 bridgehead atoms. The molecule has 480 valence electrons. The molecule has 11 rings (SSSR count). The SMILES string of the molecule is CCCCCCCCCCCCC[C@@H](COP(=O)(Oc1cccc(C[C@]2(C#N)O[C@@H](c3ccc4c(N)ncnn34)C3OC(C)(C)OC32)c1Cl)Oc1cccc(C[C@]2(C#N)O[C@@H](c3ccc4c(N)ncnn34)C3OC(C)(C)OC32)c1Cl)OCc1cc(F)cc(C#N)c1. The van der Waals surface area contributed by atoms with Gasteiger partial charge in [0, 0.05) is 12.8 Å². The van der Waals surface area contributed by atoms with Gasteiger partial charge in [-0.2, -0.15) is 26.0 Å². The Morgan fingerprint density at radius 1 is 0.659 bits per heavy atom. The number of benzene rings is 3. The number of anilines is 2. The molecular weight excluding hydrogens is 1230 g/mol. The van der Waals surface area contributed by atoms with E-state index in [1.807, 2.05) is 6.07 Å². The van der Waals surface area contributed by atoms with E-state index in [1.54, 1.807) is 85.3 Å². The first-order valence-corrected chi connectivity index (χ1v) is 33.0. The van der Waals surface area contributed by atoms with Crippen molar-refractivity contribution in [2.24, 2.45) is 0 Å². The van der Waals surface area contributed by atoms with Gasteiger partial charge in [0.25, 0.3) is 0 Å². The summed E-state index contributed by atoms with van der Waals surface area (Å²) in [5, 5.41) is 40.8. The molecule has 3 aromatic carbocycles. The topological polar surface area (TPSA) is 293 Å². The summed E-state index contributed by atoms with van der Waals surface area (Å²) < 4.78 is 98.9. The van der Waals surface area contributed by atoms with Crippen molar-refractivity contribution in [2.75, 3.05) is 18.1 Å². The predicted octanol–water partition coefficient (Wildman–Crippen LogP) is 13.3. The Bertz CT molecular complexity index is 3770. The van der Waals surface area contributed by atoms with E-state index in [1.165, 1.54) is 75.4 Å². The number of nitriles is 3. The number of phosphoric acid groups is 1. The van der Waals surface area contributed by atoms with Crippen molar-refractivity contribution < 1.29 is 55.7 Å². The fourth-order valence-corrected chi connectivity index (χ4v) is 14.5. The number of phosphoric ester groups is 1. The molecule has 91 heavy (non-hydrogen) atoms. The number of rotatable bonds is 28. The molecule has 7 aromatic rings. The minimum absolute atomic E-state index is 0.0712. The summed E-state index contributed by atoms with van der Waals surface area (Å²) in [7, 11) is -5.01. The third-order valence-electron chi connectivity index (χ3n) is 17.0. The standard InChI is InChI=1S/C65H73Cl2FN11O11P/c1-6-7-8-9-10-11-12-13-14-15-16-21-45(81-34-41-28-40(33-69)29-44(68)30-41)35-82-91(80,89-50-22-17-19-42(52(50)66)31-64(36-70)58-56(83-62(2,3)87-58)54(85-64)46-24-26-48-60(72)74-38-76-78(46)48)90-51-23-18-20-43(53(51)67)32-65(37-71)59-57(84-63(4,5)88-59)55(86-65)47-25-27-49-61(73)75-39-77-79(47)49/h17-20,22-30,38-39,45,54-59H,6-16,21,31-32,34-35H2,1-5H3,(H2,72,74,76)(H2,73,75,77)/t45-,54-,55-,56?,57?,58?,59?,64+,65+,91?/m0/s1. The molecule has 26 heteroatoms. The van der Waals surface area contributed by atoms with Crippen LogP contribution in [0.25, 0.3) is 11.0 Å². The van der Waals surface area contributed by atoms with E-state index in [-0.39, 0.29) is 64.8 Å². The van der Waals surface area contributed by atoms with Gasteiger partial charge in [-0.25, -0.2) is 28.0 Å². The van der Waals surface area contributed by atoms with Crippen molar-refractivity contribution >= 4 is 53.7 Å². The van der Waals surface area contributed by atoms with Crippen LogP contribution in [0.3, 0.4) is 0 Å². The van der Waals surface area contributed by atoms with Crippen LogP contribution in [0.4, 0.5) is 16.0 Å². The van der Waals surface area contributed by atoms with Crippen LogP contribution >= 0.6 is 31.0 Å². The summed E-state index contributed by atoms with van der Waals surface area (Å²) in [4.78, 5) is 8.24. The molecular formula is C65H73Cl2FN11O11P. The van der Waals surface area contributed by atoms with Crippen molar-refractivity contribution in [3.63, 3.8) is 0 Å². The molecule has 0 radical (unpaired) electrons. The van der Waals surface area contributed by atoms with Gasteiger partial charge in [-0.05, 0) is 105 Å². The summed E-state index contributed by atoms with van der Waals surface area (Å²) >= 11 is 14.7. The number of ether oxygens (including phenoxy) is 7. The van der Waals surface area contributed by atoms with Gasteiger partial charge >= 0.3 is 7.82 Å². The molecule has 22 nitrogen and oxygen atoms in total. The molecule has 4 aliphatic rings. The van der Waals surface area contributed by atoms with Crippen LogP contribution < -0.4 is 20.5 Å². The van der Waals surface area contributed by atoms with Crippen LogP contribution in [0, 0.1) is 39.8 Å². The summed E-state index contributed by atoms with van der Waals surface area (Å²) in [6.07, 6.45) is 8.76. The number of aromatic nitrogens is 6. The first-order valence-electron chi connectivity index (χ1n) is 30.8. The third-order valence-corrected chi connectivity index (χ3v) is 19.1. The average Bonchev–Trinajstić information content (AvgIpc) is 1.58. The summed E-state index contributed by atoms with van der Waals surface area (Å²) in [6, 6.07) is 27.2. The van der Waals surface area contributed by atoms with Crippen molar-refractivity contribution in [3.05, 3.63) is 141 Å². The highest BCUT2D eigenvalue weighted by molar-refractivity contribution is 7.49. The summed E-state index contributed by atoms with van der Waals surface area (Å²) in [6.45, 7) is 8.69. The lowest BCUT2D eigenvalue weighted by Crippen LogP contribution is -2.44. The van der Waals surface area contributed by atoms with Gasteiger partial charge in [-0.1, -0.05) is 125 Å². The maximum absolute atomic E-state index is 15.9. The second-order valence-electron chi connectivity index (χ2n) is 24.5. The number of nitrogens with two attached hydrogens (primary N) is 2. The maximum atomic E-state index is 15.9. The van der Waals surface area contributed by atoms with Crippen LogP contribution in [-0.2, 0) is 61.7 Å². The second-order valence-corrected chi connectivity index (χ2v) is 26.8. The molecule has 4 N–H and O–H groups in total. The van der Waals surface area contributed by atoms with E-state index < -0.39 is 79.1 Å². The zero-order chi connectivity index (χ0) is 64.3. The fourth-order valence-electron chi connectivity index (χ4n) is 12.7. The minimum Gasteiger partial charge on any atom is -0.393 e. The molecule has 4 saturated heterocycles. The van der Waals surface area contributed by atoms with Crippen molar-refractivity contribution in [1.29, 1.82) is 15.8 Å². The van der Waals surface area contributed by atoms with Crippen LogP contribution in [0.1, 0.15) is 158 Å². The van der Waals surface area contributed by atoms with Crippen molar-refractivity contribution in [1.82, 2.24) is 29.2 Å². The van der Waals surface area contributed by atoms with Gasteiger partial charge in [0.2, 0.25) is 0 Å². The Morgan fingerprint density at radius 3 is 1.62 bits per heavy atom. The molecule has 8 heterocycles. The first-order chi connectivity index (χ1) is 43.7. The monoisotopic (exact) mass is 1300 g/mol. The Balaban J connectivity index is 0.896. The fraction of sp³-hybridized carbons (Fsp3) is 0.492. The number of halogens is 3. The van der Waals surface area contributed by atoms with E-state index in [4.69, 9.17) is 81.4 Å². The van der Waals surface area contributed by atoms with Gasteiger partial charge in [0.1, 0.15) is 78.3 Å². The number of fused-ring (bicyclic) bond motifs is 4. The van der Waals surface area contributed by atoms with E-state index in [9.17, 15) is 20.2 Å². The highest BCUT2D eigenvalue weighted by Crippen LogP contribution is 2.57. The number of hydrogen-bond acceptors (Lipinski definition) is 20. The largest absolute Gasteiger partial charge is 0.587 e. The van der Waals surface area contributed by atoms with Crippen molar-refractivity contribution in [3.8, 4) is 29.7 Å². The van der Waals surface area contributed by atoms with Gasteiger partial charge in [-0.3, -0.25) is 4.52 Å². The van der Waals surface area contributed by atoms with Crippen LogP contribution in [0.15, 0.2) is 91.5 Å². The van der Waals surface area contributed by atoms with Crippen molar-refractivity contribution in [2.45, 2.75) is 197 Å². The lowest BCUT2D eigenvalue weighted by molar-refractivity contribution is -0.200. The Morgan fingerprint density at radius 2 is 1.14 bits per heavy atom. The molecule has 0 spiro atoms. The smallest absolute Gasteiger partial charge is 0.393 e. The normalized spacial score (nSPS) is 24.8.